The van der Waals surface area contributed by atoms with E-state index in [0.717, 1.165) is 38.5 Å². The van der Waals surface area contributed by atoms with Crippen molar-refractivity contribution in [1.29, 1.82) is 0 Å². The van der Waals surface area contributed by atoms with Gasteiger partial charge in [0.05, 0.1) is 0 Å². The molecule has 1 atom stereocenters. The maximum Gasteiger partial charge on any atom is 0.316 e. The number of esters is 3. The summed E-state index contributed by atoms with van der Waals surface area (Å²) in [6.45, 7) is 4.32. The van der Waals surface area contributed by atoms with E-state index in [2.05, 4.69) is 29.8 Å². The van der Waals surface area contributed by atoms with E-state index in [4.69, 9.17) is 14.2 Å². The predicted octanol–water partition coefficient (Wildman–Crippen LogP) is 11.3. The van der Waals surface area contributed by atoms with Gasteiger partial charge in [-0.05, 0) is 12.8 Å². The van der Waals surface area contributed by atoms with Crippen LogP contribution in [-0.4, -0.2) is 42.6 Å². The molecule has 6 nitrogen and oxygen atoms in total. The average Bonchev–Trinajstić information content (AvgIpc) is 3.02. The van der Waals surface area contributed by atoms with Gasteiger partial charge in [0.15, 0.2) is 6.10 Å². The molecule has 0 radical (unpaired) electrons. The summed E-state index contributed by atoms with van der Waals surface area (Å²) in [6.07, 6.45) is 32.4. The van der Waals surface area contributed by atoms with Gasteiger partial charge in [0.2, 0.25) is 0 Å². The van der Waals surface area contributed by atoms with Gasteiger partial charge in [-0.3, -0.25) is 14.4 Å². The van der Waals surface area contributed by atoms with Gasteiger partial charge >= 0.3 is 17.9 Å². The van der Waals surface area contributed by atoms with Gasteiger partial charge in [-0.25, -0.2) is 0 Å². The van der Waals surface area contributed by atoms with Crippen molar-refractivity contribution >= 4 is 33.8 Å². The Morgan fingerprint density at radius 3 is 1.07 bits per heavy atom. The van der Waals surface area contributed by atoms with Crippen molar-refractivity contribution in [3.05, 3.63) is 0 Å². The van der Waals surface area contributed by atoms with Crippen LogP contribution < -0.4 is 0 Å². The number of hydrogen-bond donors (Lipinski definition) is 0. The molecule has 0 rings (SSSR count). The predicted molar refractivity (Wildman–Crippen MR) is 186 cm³/mol. The van der Waals surface area contributed by atoms with Crippen LogP contribution in [-0.2, 0) is 28.6 Å². The van der Waals surface area contributed by atoms with Crippen LogP contribution in [0.5, 0.6) is 0 Å². The monoisotopic (exact) mass is 688 g/mol. The smallest absolute Gasteiger partial charge is 0.316 e. The molecule has 0 saturated carbocycles. The van der Waals surface area contributed by atoms with Gasteiger partial charge in [-0.2, -0.15) is 0 Å². The average molecular weight is 690 g/mol. The van der Waals surface area contributed by atoms with Gasteiger partial charge in [0.25, 0.3) is 0 Å². The Bertz CT molecular complexity index is 656. The first-order valence-corrected chi connectivity index (χ1v) is 19.7. The number of hydrogen-bond acceptors (Lipinski definition) is 6. The Balaban J connectivity index is 3.92. The quantitative estimate of drug-likeness (QED) is 0.0290. The summed E-state index contributed by atoms with van der Waals surface area (Å²) >= 11 is 3.07. The Morgan fingerprint density at radius 1 is 0.432 bits per heavy atom. The van der Waals surface area contributed by atoms with E-state index in [1.807, 2.05) is 0 Å². The lowest BCUT2D eigenvalue weighted by Gasteiger charge is -2.18. The van der Waals surface area contributed by atoms with Crippen molar-refractivity contribution in [3.8, 4) is 0 Å². The maximum atomic E-state index is 12.4. The lowest BCUT2D eigenvalue weighted by molar-refractivity contribution is -0.166. The van der Waals surface area contributed by atoms with Gasteiger partial charge < -0.3 is 14.2 Å². The second-order valence-corrected chi connectivity index (χ2v) is 13.2. The molecule has 0 unspecified atom stereocenters. The molecule has 0 aromatic heterocycles. The number of carbonyl (C=O) groups excluding carboxylic acids is 3. The molecule has 0 heterocycles. The molecule has 0 N–H and O–H groups in total. The normalized spacial score (nSPS) is 11.8. The van der Waals surface area contributed by atoms with E-state index < -0.39 is 12.1 Å². The number of carbonyl (C=O) groups is 3. The van der Waals surface area contributed by atoms with Gasteiger partial charge in [-0.1, -0.05) is 184 Å². The van der Waals surface area contributed by atoms with Crippen molar-refractivity contribution in [1.82, 2.24) is 0 Å². The van der Waals surface area contributed by atoms with Crippen molar-refractivity contribution in [2.75, 3.05) is 18.5 Å². The summed E-state index contributed by atoms with van der Waals surface area (Å²) in [7, 11) is 0. The standard InChI is InChI=1S/C37H69BrO6/c1-3-5-7-9-11-13-15-17-19-21-23-25-27-29-35(39)42-32-34(33-43-37(41)31-38)44-36(40)30-28-26-24-22-20-18-16-14-12-10-8-6-4-2/h34H,3-33H2,1-2H3/t34-/m0/s1. The van der Waals surface area contributed by atoms with E-state index in [-0.39, 0.29) is 30.5 Å². The number of rotatable bonds is 34. The Kier molecular flexibility index (Phi) is 33.9. The summed E-state index contributed by atoms with van der Waals surface area (Å²) in [4.78, 5) is 36.3. The third-order valence-corrected chi connectivity index (χ3v) is 8.69. The first-order valence-electron chi connectivity index (χ1n) is 18.6. The Morgan fingerprint density at radius 2 is 0.727 bits per heavy atom. The molecular weight excluding hydrogens is 620 g/mol. The molecule has 0 saturated heterocycles. The van der Waals surface area contributed by atoms with Gasteiger partial charge in [-0.15, -0.1) is 0 Å². The summed E-state index contributed by atoms with van der Waals surface area (Å²) in [6, 6.07) is 0. The SMILES string of the molecule is CCCCCCCCCCCCCCCC(=O)OC[C@@H](COC(=O)CBr)OC(=O)CCCCCCCCCCCCCCC. The number of ether oxygens (including phenoxy) is 3. The molecule has 0 aliphatic carbocycles. The zero-order chi connectivity index (χ0) is 32.4. The molecule has 0 aliphatic heterocycles. The van der Waals surface area contributed by atoms with E-state index in [9.17, 15) is 14.4 Å². The van der Waals surface area contributed by atoms with Crippen LogP contribution in [0.3, 0.4) is 0 Å². The second-order valence-electron chi connectivity index (χ2n) is 12.6. The molecule has 0 fully saturated rings. The van der Waals surface area contributed by atoms with Gasteiger partial charge in [0.1, 0.15) is 18.5 Å². The van der Waals surface area contributed by atoms with Crippen LogP contribution >= 0.6 is 15.9 Å². The number of alkyl halides is 1. The molecule has 7 heteroatoms. The zero-order valence-corrected chi connectivity index (χ0v) is 30.4. The second kappa shape index (κ2) is 34.8. The highest BCUT2D eigenvalue weighted by Crippen LogP contribution is 2.15. The van der Waals surface area contributed by atoms with Crippen LogP contribution in [0.15, 0.2) is 0 Å². The first-order chi connectivity index (χ1) is 21.5. The Labute approximate surface area is 280 Å². The van der Waals surface area contributed by atoms with Crippen molar-refractivity contribution in [2.45, 2.75) is 200 Å². The fourth-order valence-corrected chi connectivity index (χ4v) is 5.58. The van der Waals surface area contributed by atoms with Crippen LogP contribution in [0.1, 0.15) is 194 Å². The van der Waals surface area contributed by atoms with Crippen LogP contribution in [0.4, 0.5) is 0 Å². The minimum atomic E-state index is -0.775. The van der Waals surface area contributed by atoms with E-state index in [0.29, 0.717) is 12.8 Å². The largest absolute Gasteiger partial charge is 0.462 e. The Hall–Kier alpha value is -1.11. The van der Waals surface area contributed by atoms with Crippen molar-refractivity contribution in [3.63, 3.8) is 0 Å². The van der Waals surface area contributed by atoms with Crippen LogP contribution in [0.2, 0.25) is 0 Å². The van der Waals surface area contributed by atoms with E-state index in [1.165, 1.54) is 128 Å². The molecule has 0 aromatic rings. The van der Waals surface area contributed by atoms with Crippen molar-refractivity contribution in [2.24, 2.45) is 0 Å². The molecule has 0 aromatic carbocycles. The number of unbranched alkanes of at least 4 members (excludes halogenated alkanes) is 24. The lowest BCUT2D eigenvalue weighted by atomic mass is 10.0. The highest BCUT2D eigenvalue weighted by Gasteiger charge is 2.19. The highest BCUT2D eigenvalue weighted by molar-refractivity contribution is 9.09. The highest BCUT2D eigenvalue weighted by atomic mass is 79.9. The summed E-state index contributed by atoms with van der Waals surface area (Å²) in [5.41, 5.74) is 0. The molecule has 0 spiro atoms. The lowest BCUT2D eigenvalue weighted by Crippen LogP contribution is -2.31. The molecule has 0 amide bonds. The van der Waals surface area contributed by atoms with Gasteiger partial charge in [0, 0.05) is 12.8 Å². The minimum absolute atomic E-state index is 0.0610. The third kappa shape index (κ3) is 32.3. The molecule has 260 valence electrons. The maximum absolute atomic E-state index is 12.4. The van der Waals surface area contributed by atoms with E-state index in [1.54, 1.807) is 0 Å². The fraction of sp³-hybridized carbons (Fsp3) is 0.919. The summed E-state index contributed by atoms with van der Waals surface area (Å²) in [5.74, 6) is -1.07. The fourth-order valence-electron chi connectivity index (χ4n) is 5.42. The zero-order valence-electron chi connectivity index (χ0n) is 28.8. The minimum Gasteiger partial charge on any atom is -0.462 e. The number of halogens is 1. The molecule has 0 aliphatic rings. The van der Waals surface area contributed by atoms with Crippen molar-refractivity contribution < 1.29 is 28.6 Å². The van der Waals surface area contributed by atoms with Crippen LogP contribution in [0.25, 0.3) is 0 Å². The van der Waals surface area contributed by atoms with E-state index >= 15 is 0 Å². The molecule has 0 bridgehead atoms. The summed E-state index contributed by atoms with van der Waals surface area (Å²) < 4.78 is 16.0. The topological polar surface area (TPSA) is 78.9 Å². The summed E-state index contributed by atoms with van der Waals surface area (Å²) in [5, 5.41) is 0.0610. The first kappa shape index (κ1) is 42.9. The van der Waals surface area contributed by atoms with Crippen LogP contribution in [0, 0.1) is 0 Å². The molecular formula is C37H69BrO6. The molecule has 44 heavy (non-hydrogen) atoms. The third-order valence-electron chi connectivity index (χ3n) is 8.24.